The first-order valence-electron chi connectivity index (χ1n) is 7.43. The van der Waals surface area contributed by atoms with Gasteiger partial charge in [0, 0.05) is 18.1 Å². The van der Waals surface area contributed by atoms with Gasteiger partial charge in [0.15, 0.2) is 5.76 Å². The zero-order chi connectivity index (χ0) is 15.4. The van der Waals surface area contributed by atoms with E-state index in [1.807, 2.05) is 29.2 Å². The summed E-state index contributed by atoms with van der Waals surface area (Å²) in [7, 11) is 0. The maximum absolute atomic E-state index is 12.2. The van der Waals surface area contributed by atoms with E-state index in [4.69, 9.17) is 20.8 Å². The summed E-state index contributed by atoms with van der Waals surface area (Å²) >= 11 is 5.85. The topological polar surface area (TPSA) is 42.7 Å². The first-order chi connectivity index (χ1) is 10.7. The van der Waals surface area contributed by atoms with Crippen LogP contribution in [0.4, 0.5) is 0 Å². The molecule has 1 aromatic heterocycles. The Morgan fingerprint density at radius 3 is 2.59 bits per heavy atom. The van der Waals surface area contributed by atoms with Gasteiger partial charge in [0.25, 0.3) is 5.91 Å². The maximum Gasteiger partial charge on any atom is 0.289 e. The summed E-state index contributed by atoms with van der Waals surface area (Å²) in [6.07, 6.45) is 3.42. The van der Waals surface area contributed by atoms with E-state index < -0.39 is 0 Å². The molecule has 1 aliphatic heterocycles. The number of rotatable bonds is 4. The lowest BCUT2D eigenvalue weighted by atomic mass is 9.97. The van der Waals surface area contributed by atoms with Crippen LogP contribution >= 0.6 is 11.6 Å². The number of piperidine rings is 1. The van der Waals surface area contributed by atoms with Crippen molar-refractivity contribution in [3.8, 4) is 5.75 Å². The third-order valence-corrected chi connectivity index (χ3v) is 4.19. The molecule has 22 heavy (non-hydrogen) atoms. The lowest BCUT2D eigenvalue weighted by Crippen LogP contribution is -2.39. The highest BCUT2D eigenvalue weighted by Gasteiger charge is 2.25. The van der Waals surface area contributed by atoms with Crippen molar-refractivity contribution >= 4 is 17.5 Å². The zero-order valence-electron chi connectivity index (χ0n) is 12.2. The lowest BCUT2D eigenvalue weighted by molar-refractivity contribution is 0.0630. The van der Waals surface area contributed by atoms with E-state index in [2.05, 4.69) is 0 Å². The van der Waals surface area contributed by atoms with Crippen LogP contribution in [0.2, 0.25) is 5.02 Å². The van der Waals surface area contributed by atoms with Crippen LogP contribution in [-0.2, 0) is 0 Å². The fourth-order valence-electron chi connectivity index (χ4n) is 2.60. The quantitative estimate of drug-likeness (QED) is 0.859. The Bertz CT molecular complexity index is 601. The van der Waals surface area contributed by atoms with E-state index in [9.17, 15) is 4.79 Å². The number of amides is 1. The normalized spacial score (nSPS) is 15.8. The highest BCUT2D eigenvalue weighted by molar-refractivity contribution is 6.30. The highest BCUT2D eigenvalue weighted by atomic mass is 35.5. The van der Waals surface area contributed by atoms with Crippen molar-refractivity contribution in [3.63, 3.8) is 0 Å². The Labute approximate surface area is 134 Å². The number of carbonyl (C=O) groups is 1. The number of furan rings is 1. The van der Waals surface area contributed by atoms with Crippen LogP contribution in [0, 0.1) is 5.92 Å². The van der Waals surface area contributed by atoms with Crippen molar-refractivity contribution in [2.24, 2.45) is 5.92 Å². The summed E-state index contributed by atoms with van der Waals surface area (Å²) < 4.78 is 11.0. The average Bonchev–Trinajstić information content (AvgIpc) is 3.09. The van der Waals surface area contributed by atoms with Gasteiger partial charge in [-0.05, 0) is 55.2 Å². The fourth-order valence-corrected chi connectivity index (χ4v) is 2.73. The van der Waals surface area contributed by atoms with E-state index in [1.54, 1.807) is 12.1 Å². The number of halogens is 1. The predicted octanol–water partition coefficient (Wildman–Crippen LogP) is 3.86. The molecule has 0 unspecified atom stereocenters. The minimum absolute atomic E-state index is 0.0259. The number of benzene rings is 1. The standard InChI is InChI=1S/C17H18ClNO3/c18-14-3-5-15(6-4-14)22-12-13-7-9-19(10-8-13)17(20)16-2-1-11-21-16/h1-6,11,13H,7-10,12H2. The molecular weight excluding hydrogens is 302 g/mol. The van der Waals surface area contributed by atoms with Crippen LogP contribution in [0.15, 0.2) is 47.1 Å². The molecule has 5 heteroatoms. The molecule has 116 valence electrons. The SMILES string of the molecule is O=C(c1ccco1)N1CCC(COc2ccc(Cl)cc2)CC1. The molecule has 1 amide bonds. The Morgan fingerprint density at radius 1 is 1.23 bits per heavy atom. The molecular formula is C17H18ClNO3. The number of hydrogen-bond donors (Lipinski definition) is 0. The van der Waals surface area contributed by atoms with Crippen LogP contribution < -0.4 is 4.74 Å². The number of carbonyl (C=O) groups excluding carboxylic acids is 1. The van der Waals surface area contributed by atoms with Gasteiger partial charge in [-0.3, -0.25) is 4.79 Å². The molecule has 0 N–H and O–H groups in total. The van der Waals surface area contributed by atoms with Crippen LogP contribution in [-0.4, -0.2) is 30.5 Å². The third-order valence-electron chi connectivity index (χ3n) is 3.93. The van der Waals surface area contributed by atoms with Gasteiger partial charge >= 0.3 is 0 Å². The summed E-state index contributed by atoms with van der Waals surface area (Å²) in [5.41, 5.74) is 0. The van der Waals surface area contributed by atoms with Crippen molar-refractivity contribution in [3.05, 3.63) is 53.4 Å². The fraction of sp³-hybridized carbons (Fsp3) is 0.353. The molecule has 1 fully saturated rings. The maximum atomic E-state index is 12.2. The summed E-state index contributed by atoms with van der Waals surface area (Å²) in [4.78, 5) is 14.0. The summed E-state index contributed by atoms with van der Waals surface area (Å²) in [5.74, 6) is 1.69. The second kappa shape index (κ2) is 6.88. The third kappa shape index (κ3) is 3.63. The van der Waals surface area contributed by atoms with Crippen molar-refractivity contribution in [2.75, 3.05) is 19.7 Å². The molecule has 1 aromatic carbocycles. The molecule has 0 spiro atoms. The van der Waals surface area contributed by atoms with Gasteiger partial charge in [-0.15, -0.1) is 0 Å². The van der Waals surface area contributed by atoms with Crippen LogP contribution in [0.3, 0.4) is 0 Å². The van der Waals surface area contributed by atoms with Gasteiger partial charge in [-0.25, -0.2) is 0 Å². The van der Waals surface area contributed by atoms with Gasteiger partial charge in [0.05, 0.1) is 12.9 Å². The first kappa shape index (κ1) is 15.0. The van der Waals surface area contributed by atoms with Gasteiger partial charge in [-0.2, -0.15) is 0 Å². The highest BCUT2D eigenvalue weighted by Crippen LogP contribution is 2.22. The first-order valence-corrected chi connectivity index (χ1v) is 7.81. The molecule has 1 aliphatic rings. The summed E-state index contributed by atoms with van der Waals surface area (Å²) in [6.45, 7) is 2.16. The Hall–Kier alpha value is -1.94. The van der Waals surface area contributed by atoms with Crippen LogP contribution in [0.1, 0.15) is 23.4 Å². The van der Waals surface area contributed by atoms with Gasteiger partial charge in [0.2, 0.25) is 0 Å². The van der Waals surface area contributed by atoms with Crippen molar-refractivity contribution in [2.45, 2.75) is 12.8 Å². The number of ether oxygens (including phenoxy) is 1. The Kier molecular flexibility index (Phi) is 4.68. The van der Waals surface area contributed by atoms with Crippen molar-refractivity contribution < 1.29 is 13.9 Å². The number of hydrogen-bond acceptors (Lipinski definition) is 3. The molecule has 0 aliphatic carbocycles. The molecule has 0 bridgehead atoms. The summed E-state index contributed by atoms with van der Waals surface area (Å²) in [6, 6.07) is 10.8. The van der Waals surface area contributed by atoms with Crippen LogP contribution in [0.5, 0.6) is 5.75 Å². The monoisotopic (exact) mass is 319 g/mol. The van der Waals surface area contributed by atoms with E-state index in [-0.39, 0.29) is 5.91 Å². The predicted molar refractivity (Wildman–Crippen MR) is 84.3 cm³/mol. The molecule has 0 saturated carbocycles. The summed E-state index contributed by atoms with van der Waals surface area (Å²) in [5, 5.41) is 0.706. The molecule has 3 rings (SSSR count). The Balaban J connectivity index is 1.45. The number of nitrogens with zero attached hydrogens (tertiary/aromatic N) is 1. The number of likely N-dealkylation sites (tertiary alicyclic amines) is 1. The van der Waals surface area contributed by atoms with E-state index >= 15 is 0 Å². The minimum Gasteiger partial charge on any atom is -0.493 e. The van der Waals surface area contributed by atoms with E-state index in [0.29, 0.717) is 23.3 Å². The molecule has 2 heterocycles. The van der Waals surface area contributed by atoms with Crippen molar-refractivity contribution in [1.82, 2.24) is 4.90 Å². The molecule has 1 saturated heterocycles. The smallest absolute Gasteiger partial charge is 0.289 e. The van der Waals surface area contributed by atoms with Crippen molar-refractivity contribution in [1.29, 1.82) is 0 Å². The van der Waals surface area contributed by atoms with E-state index in [1.165, 1.54) is 6.26 Å². The van der Waals surface area contributed by atoms with Gasteiger partial charge in [-0.1, -0.05) is 11.6 Å². The molecule has 0 radical (unpaired) electrons. The zero-order valence-corrected chi connectivity index (χ0v) is 13.0. The van der Waals surface area contributed by atoms with E-state index in [0.717, 1.165) is 31.7 Å². The second-order valence-electron chi connectivity index (χ2n) is 5.48. The lowest BCUT2D eigenvalue weighted by Gasteiger charge is -2.31. The minimum atomic E-state index is -0.0259. The van der Waals surface area contributed by atoms with Gasteiger partial charge in [0.1, 0.15) is 5.75 Å². The van der Waals surface area contributed by atoms with Gasteiger partial charge < -0.3 is 14.1 Å². The second-order valence-corrected chi connectivity index (χ2v) is 5.91. The largest absolute Gasteiger partial charge is 0.493 e. The average molecular weight is 320 g/mol. The van der Waals surface area contributed by atoms with Crippen LogP contribution in [0.25, 0.3) is 0 Å². The molecule has 2 aromatic rings. The molecule has 0 atom stereocenters. The molecule has 4 nitrogen and oxygen atoms in total. The Morgan fingerprint density at radius 2 is 1.95 bits per heavy atom.